The minimum Gasteiger partial charge on any atom is -0.457 e. The summed E-state index contributed by atoms with van der Waals surface area (Å²) in [7, 11) is 0. The standard InChI is InChI=1S/C21H14N4O4S/c26-20-19(30-21(23-20)24-22-13-14-4-2-1-3-5-14)12-17-10-11-18(29-17)15-6-8-16(9-7-15)25(27)28/h1-13H,(H,23,24,26)/b19-12+,22-13+. The minimum absolute atomic E-state index is 0.00779. The minimum atomic E-state index is -0.458. The van der Waals surface area contributed by atoms with Crippen LogP contribution >= 0.6 is 11.8 Å². The second kappa shape index (κ2) is 8.58. The molecule has 4 rings (SSSR count). The summed E-state index contributed by atoms with van der Waals surface area (Å²) in [5.41, 5.74) is 1.61. The van der Waals surface area contributed by atoms with Crippen LogP contribution in [0, 0.1) is 10.1 Å². The van der Waals surface area contributed by atoms with Gasteiger partial charge in [-0.2, -0.15) is 5.10 Å². The maximum absolute atomic E-state index is 12.2. The molecule has 1 aliphatic heterocycles. The molecular formula is C21H14N4O4S. The number of nitro groups is 1. The van der Waals surface area contributed by atoms with Crippen LogP contribution in [-0.2, 0) is 4.79 Å². The number of nitro benzene ring substituents is 1. The molecule has 1 saturated heterocycles. The summed E-state index contributed by atoms with van der Waals surface area (Å²) in [6, 6.07) is 19.0. The van der Waals surface area contributed by atoms with E-state index < -0.39 is 4.92 Å². The Bertz CT molecular complexity index is 1180. The number of thioether (sulfide) groups is 1. The predicted molar refractivity (Wildman–Crippen MR) is 116 cm³/mol. The van der Waals surface area contributed by atoms with Gasteiger partial charge in [0.05, 0.1) is 16.0 Å². The number of furan rings is 1. The first kappa shape index (κ1) is 19.3. The van der Waals surface area contributed by atoms with Gasteiger partial charge < -0.3 is 4.42 Å². The molecule has 1 amide bonds. The Balaban J connectivity index is 1.46. The number of hydrogen-bond donors (Lipinski definition) is 1. The number of amides is 1. The number of rotatable bonds is 5. The Hall–Kier alpha value is -3.98. The molecule has 0 aliphatic carbocycles. The maximum atomic E-state index is 12.2. The summed E-state index contributed by atoms with van der Waals surface area (Å²) < 4.78 is 5.75. The molecule has 1 fully saturated rings. The fraction of sp³-hybridized carbons (Fsp3) is 0. The van der Waals surface area contributed by atoms with Crippen LogP contribution in [0.15, 0.2) is 86.3 Å². The first-order chi connectivity index (χ1) is 14.6. The van der Waals surface area contributed by atoms with Gasteiger partial charge in [-0.1, -0.05) is 30.3 Å². The van der Waals surface area contributed by atoms with Crippen LogP contribution in [0.2, 0.25) is 0 Å². The largest absolute Gasteiger partial charge is 0.457 e. The van der Waals surface area contributed by atoms with E-state index in [4.69, 9.17) is 4.42 Å². The van der Waals surface area contributed by atoms with E-state index in [2.05, 4.69) is 15.5 Å². The van der Waals surface area contributed by atoms with Crippen molar-refractivity contribution in [2.75, 3.05) is 0 Å². The van der Waals surface area contributed by atoms with Crippen molar-refractivity contribution in [3.8, 4) is 11.3 Å². The smallest absolute Gasteiger partial charge is 0.269 e. The Morgan fingerprint density at radius 1 is 1.03 bits per heavy atom. The number of non-ortho nitro benzene ring substituents is 1. The maximum Gasteiger partial charge on any atom is 0.269 e. The molecule has 148 valence electrons. The molecule has 0 atom stereocenters. The topological polar surface area (TPSA) is 110 Å². The molecule has 9 heteroatoms. The highest BCUT2D eigenvalue weighted by atomic mass is 32.2. The lowest BCUT2D eigenvalue weighted by Gasteiger charge is -1.96. The number of benzene rings is 2. The molecule has 0 spiro atoms. The van der Waals surface area contributed by atoms with Crippen LogP contribution in [0.5, 0.6) is 0 Å². The van der Waals surface area contributed by atoms with Gasteiger partial charge in [0.25, 0.3) is 11.6 Å². The molecule has 2 heterocycles. The van der Waals surface area contributed by atoms with Gasteiger partial charge in [0, 0.05) is 23.8 Å². The number of hydrogen-bond acceptors (Lipinski definition) is 7. The zero-order valence-electron chi connectivity index (χ0n) is 15.4. The van der Waals surface area contributed by atoms with Crippen LogP contribution in [0.1, 0.15) is 11.3 Å². The molecule has 0 bridgehead atoms. The van der Waals surface area contributed by atoms with E-state index in [1.165, 1.54) is 12.1 Å². The third kappa shape index (κ3) is 4.53. The molecule has 0 saturated carbocycles. The molecule has 1 aromatic heterocycles. The van der Waals surface area contributed by atoms with Gasteiger partial charge in [-0.05, 0) is 41.6 Å². The van der Waals surface area contributed by atoms with Gasteiger partial charge in [-0.3, -0.25) is 20.2 Å². The van der Waals surface area contributed by atoms with E-state index in [1.54, 1.807) is 36.6 Å². The number of amidine groups is 1. The van der Waals surface area contributed by atoms with E-state index in [0.717, 1.165) is 17.3 Å². The quantitative estimate of drug-likeness (QED) is 0.285. The monoisotopic (exact) mass is 418 g/mol. The first-order valence-corrected chi connectivity index (χ1v) is 9.62. The van der Waals surface area contributed by atoms with E-state index >= 15 is 0 Å². The highest BCUT2D eigenvalue weighted by molar-refractivity contribution is 8.18. The third-order valence-corrected chi connectivity index (χ3v) is 4.97. The van der Waals surface area contributed by atoms with E-state index in [9.17, 15) is 14.9 Å². The van der Waals surface area contributed by atoms with Gasteiger partial charge in [0.1, 0.15) is 11.5 Å². The van der Waals surface area contributed by atoms with Crippen molar-refractivity contribution in [2.45, 2.75) is 0 Å². The fourth-order valence-electron chi connectivity index (χ4n) is 2.62. The second-order valence-corrected chi connectivity index (χ2v) is 7.16. The number of nitrogens with one attached hydrogen (secondary N) is 1. The normalized spacial score (nSPS) is 16.5. The molecule has 3 aromatic rings. The number of carbonyl (C=O) groups is 1. The van der Waals surface area contributed by atoms with Crippen LogP contribution < -0.4 is 5.32 Å². The Morgan fingerprint density at radius 3 is 2.53 bits per heavy atom. The Morgan fingerprint density at radius 2 is 1.80 bits per heavy atom. The average Bonchev–Trinajstić information content (AvgIpc) is 3.36. The molecule has 30 heavy (non-hydrogen) atoms. The van der Waals surface area contributed by atoms with Gasteiger partial charge in [0.15, 0.2) is 5.17 Å². The highest BCUT2D eigenvalue weighted by Gasteiger charge is 2.24. The molecule has 0 radical (unpaired) electrons. The van der Waals surface area contributed by atoms with Crippen molar-refractivity contribution >= 4 is 40.8 Å². The molecule has 0 unspecified atom stereocenters. The fourth-order valence-corrected chi connectivity index (χ4v) is 3.38. The van der Waals surface area contributed by atoms with Crippen molar-refractivity contribution in [3.05, 3.63) is 93.1 Å². The number of nitrogens with zero attached hydrogens (tertiary/aromatic N) is 3. The van der Waals surface area contributed by atoms with Crippen LogP contribution in [0.3, 0.4) is 0 Å². The Kier molecular flexibility index (Phi) is 5.53. The average molecular weight is 418 g/mol. The lowest BCUT2D eigenvalue weighted by molar-refractivity contribution is -0.384. The lowest BCUT2D eigenvalue weighted by atomic mass is 10.1. The zero-order chi connectivity index (χ0) is 20.9. The van der Waals surface area contributed by atoms with Crippen LogP contribution in [0.4, 0.5) is 5.69 Å². The summed E-state index contributed by atoms with van der Waals surface area (Å²) in [4.78, 5) is 22.9. The summed E-state index contributed by atoms with van der Waals surface area (Å²) >= 11 is 1.16. The van der Waals surface area contributed by atoms with Gasteiger partial charge >= 0.3 is 0 Å². The molecule has 1 aliphatic rings. The summed E-state index contributed by atoms with van der Waals surface area (Å²) in [5, 5.41) is 21.8. The van der Waals surface area contributed by atoms with Gasteiger partial charge in [-0.25, -0.2) is 0 Å². The molecule has 2 aromatic carbocycles. The van der Waals surface area contributed by atoms with Gasteiger partial charge in [0.2, 0.25) is 0 Å². The van der Waals surface area contributed by atoms with Crippen LogP contribution in [-0.4, -0.2) is 22.2 Å². The Labute approximate surface area is 175 Å². The van der Waals surface area contributed by atoms with Crippen molar-refractivity contribution < 1.29 is 14.1 Å². The lowest BCUT2D eigenvalue weighted by Crippen LogP contribution is -2.19. The predicted octanol–water partition coefficient (Wildman–Crippen LogP) is 4.45. The summed E-state index contributed by atoms with van der Waals surface area (Å²) in [5.74, 6) is 0.735. The van der Waals surface area contributed by atoms with Gasteiger partial charge in [-0.15, -0.1) is 5.10 Å². The molecular weight excluding hydrogens is 404 g/mol. The van der Waals surface area contributed by atoms with Crippen LogP contribution in [0.25, 0.3) is 17.4 Å². The van der Waals surface area contributed by atoms with E-state index in [1.807, 2.05) is 30.3 Å². The van der Waals surface area contributed by atoms with E-state index in [-0.39, 0.29) is 11.6 Å². The summed E-state index contributed by atoms with van der Waals surface area (Å²) in [6.07, 6.45) is 3.21. The van der Waals surface area contributed by atoms with E-state index in [0.29, 0.717) is 27.2 Å². The second-order valence-electron chi connectivity index (χ2n) is 6.13. The highest BCUT2D eigenvalue weighted by Crippen LogP contribution is 2.29. The zero-order valence-corrected chi connectivity index (χ0v) is 16.2. The molecule has 8 nitrogen and oxygen atoms in total. The van der Waals surface area contributed by atoms with Crippen molar-refractivity contribution in [2.24, 2.45) is 10.2 Å². The third-order valence-electron chi connectivity index (χ3n) is 4.07. The number of carbonyl (C=O) groups excluding carboxylic acids is 1. The van der Waals surface area contributed by atoms with Crippen molar-refractivity contribution in [3.63, 3.8) is 0 Å². The first-order valence-electron chi connectivity index (χ1n) is 8.80. The summed E-state index contributed by atoms with van der Waals surface area (Å²) in [6.45, 7) is 0. The SMILES string of the molecule is O=C1N/C(=N\N=C\c2ccccc2)S/C1=C/c1ccc(-c2ccc([N+](=O)[O-])cc2)o1. The van der Waals surface area contributed by atoms with Crippen molar-refractivity contribution in [1.29, 1.82) is 0 Å². The molecule has 1 N–H and O–H groups in total. The van der Waals surface area contributed by atoms with Crippen molar-refractivity contribution in [1.82, 2.24) is 5.32 Å².